The fraction of sp³-hybridized carbons (Fsp3) is 0.188. The first-order valence-electron chi connectivity index (χ1n) is 7.08. The van der Waals surface area contributed by atoms with Crippen LogP contribution in [0.3, 0.4) is 0 Å². The van der Waals surface area contributed by atoms with Crippen LogP contribution in [-0.4, -0.2) is 16.0 Å². The number of carbonyl (C=O) groups excluding carboxylic acids is 1. The van der Waals surface area contributed by atoms with Gasteiger partial charge in [-0.25, -0.2) is 4.39 Å². The lowest BCUT2D eigenvalue weighted by atomic mass is 10.2. The lowest BCUT2D eigenvalue weighted by Gasteiger charge is -2.01. The molecule has 1 amide bonds. The molecule has 1 aromatic carbocycles. The Morgan fingerprint density at radius 2 is 2.04 bits per heavy atom. The number of aromatic nitrogens is 2. The van der Waals surface area contributed by atoms with Crippen molar-refractivity contribution in [2.75, 3.05) is 0 Å². The van der Waals surface area contributed by atoms with Crippen LogP contribution in [0, 0.1) is 5.82 Å². The fourth-order valence-electron chi connectivity index (χ4n) is 1.98. The monoisotopic (exact) mass is 315 g/mol. The molecule has 0 bridgehead atoms. The van der Waals surface area contributed by atoms with E-state index in [0.717, 1.165) is 0 Å². The van der Waals surface area contributed by atoms with Gasteiger partial charge in [-0.05, 0) is 36.4 Å². The first-order chi connectivity index (χ1) is 11.2. The average Bonchev–Trinajstić information content (AvgIpc) is 3.23. The Morgan fingerprint density at radius 3 is 2.78 bits per heavy atom. The minimum Gasteiger partial charge on any atom is -0.467 e. The molecule has 23 heavy (non-hydrogen) atoms. The third kappa shape index (κ3) is 4.03. The highest BCUT2D eigenvalue weighted by Gasteiger charge is 2.11. The molecule has 0 saturated carbocycles. The summed E-state index contributed by atoms with van der Waals surface area (Å²) in [7, 11) is 0. The maximum Gasteiger partial charge on any atom is 0.227 e. The Balaban J connectivity index is 1.50. The first-order valence-corrected chi connectivity index (χ1v) is 7.08. The molecule has 0 saturated heterocycles. The van der Waals surface area contributed by atoms with Crippen molar-refractivity contribution in [3.05, 3.63) is 60.1 Å². The lowest BCUT2D eigenvalue weighted by Crippen LogP contribution is -2.22. The molecule has 1 N–H and O–H groups in total. The van der Waals surface area contributed by atoms with E-state index in [1.807, 2.05) is 0 Å². The van der Waals surface area contributed by atoms with Gasteiger partial charge in [-0.2, -0.15) is 4.98 Å². The van der Waals surface area contributed by atoms with Crippen molar-refractivity contribution in [3.63, 3.8) is 0 Å². The van der Waals surface area contributed by atoms with E-state index in [1.165, 1.54) is 12.1 Å². The Hall–Kier alpha value is -2.96. The Morgan fingerprint density at radius 1 is 1.22 bits per heavy atom. The second-order valence-corrected chi connectivity index (χ2v) is 4.87. The minimum absolute atomic E-state index is 0.136. The van der Waals surface area contributed by atoms with E-state index in [2.05, 4.69) is 15.5 Å². The lowest BCUT2D eigenvalue weighted by molar-refractivity contribution is -0.121. The number of benzene rings is 1. The average molecular weight is 315 g/mol. The Bertz CT molecular complexity index is 766. The summed E-state index contributed by atoms with van der Waals surface area (Å²) < 4.78 is 23.1. The number of aryl methyl sites for hydroxylation is 1. The van der Waals surface area contributed by atoms with Crippen molar-refractivity contribution in [2.45, 2.75) is 19.4 Å². The summed E-state index contributed by atoms with van der Waals surface area (Å²) in [6.07, 6.45) is 2.11. The van der Waals surface area contributed by atoms with Crippen LogP contribution < -0.4 is 5.32 Å². The Labute approximate surface area is 131 Å². The molecule has 2 aromatic heterocycles. The standard InChI is InChI=1S/C16H14FN3O3/c17-12-5-3-11(4-6-12)16-19-15(23-20-16)8-7-14(21)18-10-13-2-1-9-22-13/h1-6,9H,7-8,10H2,(H,18,21). The van der Waals surface area contributed by atoms with Gasteiger partial charge < -0.3 is 14.3 Å². The van der Waals surface area contributed by atoms with Gasteiger partial charge in [0.05, 0.1) is 12.8 Å². The number of rotatable bonds is 6. The highest BCUT2D eigenvalue weighted by molar-refractivity contribution is 5.75. The molecular formula is C16H14FN3O3. The zero-order valence-electron chi connectivity index (χ0n) is 12.2. The topological polar surface area (TPSA) is 81.2 Å². The van der Waals surface area contributed by atoms with Gasteiger partial charge in [0.25, 0.3) is 0 Å². The molecule has 0 aliphatic carbocycles. The van der Waals surface area contributed by atoms with Crippen molar-refractivity contribution >= 4 is 5.91 Å². The summed E-state index contributed by atoms with van der Waals surface area (Å²) in [5.41, 5.74) is 0.656. The third-order valence-electron chi connectivity index (χ3n) is 3.18. The summed E-state index contributed by atoms with van der Waals surface area (Å²) in [5, 5.41) is 6.56. The van der Waals surface area contributed by atoms with Crippen LogP contribution in [0.25, 0.3) is 11.4 Å². The second-order valence-electron chi connectivity index (χ2n) is 4.87. The molecule has 0 aliphatic rings. The van der Waals surface area contributed by atoms with Gasteiger partial charge in [-0.1, -0.05) is 5.16 Å². The van der Waals surface area contributed by atoms with E-state index in [9.17, 15) is 9.18 Å². The number of nitrogens with zero attached hydrogens (tertiary/aromatic N) is 2. The molecule has 0 spiro atoms. The molecule has 3 rings (SSSR count). The smallest absolute Gasteiger partial charge is 0.227 e. The predicted molar refractivity (Wildman–Crippen MR) is 78.6 cm³/mol. The molecular weight excluding hydrogens is 301 g/mol. The molecule has 3 aromatic rings. The van der Waals surface area contributed by atoms with Crippen molar-refractivity contribution < 1.29 is 18.1 Å². The van der Waals surface area contributed by atoms with E-state index in [0.29, 0.717) is 36.0 Å². The maximum absolute atomic E-state index is 12.9. The highest BCUT2D eigenvalue weighted by Crippen LogP contribution is 2.16. The number of carbonyl (C=O) groups is 1. The van der Waals surface area contributed by atoms with Gasteiger partial charge in [0.15, 0.2) is 0 Å². The molecule has 2 heterocycles. The number of halogens is 1. The van der Waals surface area contributed by atoms with Crippen molar-refractivity contribution in [2.24, 2.45) is 0 Å². The number of nitrogens with one attached hydrogen (secondary N) is 1. The van der Waals surface area contributed by atoms with E-state index < -0.39 is 0 Å². The van der Waals surface area contributed by atoms with Gasteiger partial charge in [0, 0.05) is 18.4 Å². The van der Waals surface area contributed by atoms with Crippen LogP contribution in [0.15, 0.2) is 51.6 Å². The second kappa shape index (κ2) is 6.87. The normalized spacial score (nSPS) is 10.7. The molecule has 7 heteroatoms. The van der Waals surface area contributed by atoms with Gasteiger partial charge in [0.2, 0.25) is 17.6 Å². The summed E-state index contributed by atoms with van der Waals surface area (Å²) in [4.78, 5) is 15.9. The number of hydrogen-bond donors (Lipinski definition) is 1. The largest absolute Gasteiger partial charge is 0.467 e. The summed E-state index contributed by atoms with van der Waals surface area (Å²) >= 11 is 0. The van der Waals surface area contributed by atoms with Gasteiger partial charge in [0.1, 0.15) is 11.6 Å². The summed E-state index contributed by atoms with van der Waals surface area (Å²) in [6, 6.07) is 9.34. The van der Waals surface area contributed by atoms with Crippen LogP contribution >= 0.6 is 0 Å². The number of amides is 1. The molecule has 0 radical (unpaired) electrons. The van der Waals surface area contributed by atoms with Crippen molar-refractivity contribution in [3.8, 4) is 11.4 Å². The van der Waals surface area contributed by atoms with Crippen molar-refractivity contribution in [1.29, 1.82) is 0 Å². The van der Waals surface area contributed by atoms with Crippen LogP contribution in [0.4, 0.5) is 4.39 Å². The zero-order valence-corrected chi connectivity index (χ0v) is 12.2. The van der Waals surface area contributed by atoms with E-state index in [1.54, 1.807) is 30.5 Å². The van der Waals surface area contributed by atoms with Crippen LogP contribution in [0.5, 0.6) is 0 Å². The molecule has 0 aliphatic heterocycles. The van der Waals surface area contributed by atoms with E-state index in [4.69, 9.17) is 8.94 Å². The first kappa shape index (κ1) is 15.0. The number of furan rings is 1. The van der Waals surface area contributed by atoms with Gasteiger partial charge in [-0.15, -0.1) is 0 Å². The quantitative estimate of drug-likeness (QED) is 0.756. The zero-order chi connectivity index (χ0) is 16.1. The molecule has 0 fully saturated rings. The molecule has 0 unspecified atom stereocenters. The third-order valence-corrected chi connectivity index (χ3v) is 3.18. The fourth-order valence-corrected chi connectivity index (χ4v) is 1.98. The molecule has 0 atom stereocenters. The van der Waals surface area contributed by atoms with E-state index >= 15 is 0 Å². The molecule has 6 nitrogen and oxygen atoms in total. The van der Waals surface area contributed by atoms with Crippen LogP contribution in [-0.2, 0) is 17.8 Å². The molecule has 118 valence electrons. The SMILES string of the molecule is O=C(CCc1nc(-c2ccc(F)cc2)no1)NCc1ccco1. The predicted octanol–water partition coefficient (Wildman–Crippen LogP) is 2.72. The van der Waals surface area contributed by atoms with Crippen LogP contribution in [0.2, 0.25) is 0 Å². The minimum atomic E-state index is -0.328. The maximum atomic E-state index is 12.9. The van der Waals surface area contributed by atoms with Crippen LogP contribution in [0.1, 0.15) is 18.1 Å². The van der Waals surface area contributed by atoms with E-state index in [-0.39, 0.29) is 18.1 Å². The van der Waals surface area contributed by atoms with Crippen molar-refractivity contribution in [1.82, 2.24) is 15.5 Å². The Kier molecular flexibility index (Phi) is 4.46. The summed E-state index contributed by atoms with van der Waals surface area (Å²) in [5.74, 6) is 0.955. The number of hydrogen-bond acceptors (Lipinski definition) is 5. The summed E-state index contributed by atoms with van der Waals surface area (Å²) in [6.45, 7) is 0.344. The highest BCUT2D eigenvalue weighted by atomic mass is 19.1. The van der Waals surface area contributed by atoms with Gasteiger partial charge in [-0.3, -0.25) is 4.79 Å². The van der Waals surface area contributed by atoms with Gasteiger partial charge >= 0.3 is 0 Å².